The molecule has 0 amide bonds. The zero-order valence-corrected chi connectivity index (χ0v) is 22.2. The summed E-state index contributed by atoms with van der Waals surface area (Å²) < 4.78 is 0. The van der Waals surface area contributed by atoms with E-state index in [1.807, 2.05) is 0 Å². The molecule has 0 N–H and O–H groups in total. The summed E-state index contributed by atoms with van der Waals surface area (Å²) in [5.74, 6) is 0.806. The number of benzene rings is 2. The van der Waals surface area contributed by atoms with Crippen LogP contribution in [0.5, 0.6) is 0 Å². The van der Waals surface area contributed by atoms with Gasteiger partial charge in [0.25, 0.3) is 0 Å². The minimum Gasteiger partial charge on any atom is -0.328 e. The molecule has 2 aliphatic carbocycles. The van der Waals surface area contributed by atoms with Gasteiger partial charge in [0.05, 0.1) is 0 Å². The first-order chi connectivity index (χ1) is 17.5. The Morgan fingerprint density at radius 3 is 2.50 bits per heavy atom. The molecule has 2 aromatic rings. The van der Waals surface area contributed by atoms with E-state index >= 15 is 0 Å². The largest absolute Gasteiger partial charge is 0.355 e. The van der Waals surface area contributed by atoms with Gasteiger partial charge in [0.15, 0.2) is 0 Å². The summed E-state index contributed by atoms with van der Waals surface area (Å²) in [6.07, 6.45) is 13.7. The fourth-order valence-electron chi connectivity index (χ4n) is 5.32. The molecule has 3 aliphatic rings. The molecule has 36 heavy (non-hydrogen) atoms. The Morgan fingerprint density at radius 2 is 1.81 bits per heavy atom. The maximum Gasteiger partial charge on any atom is 0.355 e. The Hall–Kier alpha value is -3.20. The van der Waals surface area contributed by atoms with Crippen LogP contribution >= 0.6 is 0 Å². The molecule has 2 nitrogen and oxygen atoms in total. The highest BCUT2D eigenvalue weighted by Crippen LogP contribution is 2.41. The summed E-state index contributed by atoms with van der Waals surface area (Å²) in [5, 5.41) is 0. The van der Waals surface area contributed by atoms with Gasteiger partial charge in [-0.25, -0.2) is 0 Å². The third kappa shape index (κ3) is 5.62. The summed E-state index contributed by atoms with van der Waals surface area (Å²) in [4.78, 5) is 10.4. The highest BCUT2D eigenvalue weighted by Gasteiger charge is 2.38. The first-order valence-corrected chi connectivity index (χ1v) is 13.5. The fourth-order valence-corrected chi connectivity index (χ4v) is 5.32. The second-order valence-electron chi connectivity index (χ2n) is 10.6. The lowest BCUT2D eigenvalue weighted by Gasteiger charge is -2.18. The minimum absolute atomic E-state index is 0.0583. The molecule has 1 saturated carbocycles. The molecule has 182 valence electrons. The number of rotatable bonds is 8. The molecular weight excluding hydrogens is 435 g/mol. The molecule has 1 fully saturated rings. The van der Waals surface area contributed by atoms with Crippen molar-refractivity contribution in [2.45, 2.75) is 66.2 Å². The Balaban J connectivity index is 1.59. The van der Waals surface area contributed by atoms with E-state index in [1.54, 1.807) is 0 Å². The molecule has 0 saturated heterocycles. The van der Waals surface area contributed by atoms with Gasteiger partial charge in [-0.05, 0) is 106 Å². The molecule has 1 aliphatic heterocycles. The third-order valence-electron chi connectivity index (χ3n) is 7.65. The lowest BCUT2D eigenvalue weighted by molar-refractivity contribution is 0.841. The molecule has 0 radical (unpaired) electrons. The van der Waals surface area contributed by atoms with Gasteiger partial charge in [0, 0.05) is 17.0 Å². The van der Waals surface area contributed by atoms with Crippen LogP contribution in [0, 0.1) is 12.8 Å². The summed E-state index contributed by atoms with van der Waals surface area (Å²) in [6, 6.07) is 19.8. The summed E-state index contributed by atoms with van der Waals surface area (Å²) in [5.41, 5.74) is 13.0. The molecule has 0 aromatic heterocycles. The highest BCUT2D eigenvalue weighted by molar-refractivity contribution is 6.97. The molecule has 0 atom stereocenters. The number of nitrogens with zero attached hydrogens (tertiary/aromatic N) is 2. The first-order valence-electron chi connectivity index (χ1n) is 13.5. The normalized spacial score (nSPS) is 18.9. The molecule has 0 spiro atoms. The van der Waals surface area contributed by atoms with E-state index in [9.17, 15) is 0 Å². The van der Waals surface area contributed by atoms with Crippen LogP contribution in [0.2, 0.25) is 0 Å². The smallest absolute Gasteiger partial charge is 0.328 e. The van der Waals surface area contributed by atoms with E-state index in [0.717, 1.165) is 42.9 Å². The fraction of sp³-hybridized carbons (Fsp3) is 0.333. The monoisotopic (exact) mass is 472 g/mol. The number of allylic oxidation sites excluding steroid dienone is 8. The second-order valence-corrected chi connectivity index (χ2v) is 10.6. The van der Waals surface area contributed by atoms with Crippen LogP contribution in [0.3, 0.4) is 0 Å². The highest BCUT2D eigenvalue weighted by atomic mass is 14.8. The van der Waals surface area contributed by atoms with Gasteiger partial charge in [-0.2, -0.15) is 0 Å². The molecular formula is C33H37BN2. The van der Waals surface area contributed by atoms with Crippen LogP contribution in [0.4, 0.5) is 0 Å². The lowest BCUT2D eigenvalue weighted by atomic mass is 9.51. The van der Waals surface area contributed by atoms with E-state index in [4.69, 9.17) is 9.90 Å². The van der Waals surface area contributed by atoms with E-state index in [0.29, 0.717) is 0 Å². The summed E-state index contributed by atoms with van der Waals surface area (Å²) in [7, 11) is 0. The van der Waals surface area contributed by atoms with E-state index in [-0.39, 0.29) is 6.85 Å². The van der Waals surface area contributed by atoms with E-state index in [1.165, 1.54) is 57.4 Å². The van der Waals surface area contributed by atoms with Crippen molar-refractivity contribution in [2.24, 2.45) is 15.8 Å². The molecule has 0 unspecified atom stereocenters. The molecule has 1 heterocycles. The van der Waals surface area contributed by atoms with Gasteiger partial charge in [-0.15, -0.1) is 0 Å². The summed E-state index contributed by atoms with van der Waals surface area (Å²) >= 11 is 0. The number of hydrogen-bond acceptors (Lipinski definition) is 2. The van der Waals surface area contributed by atoms with Crippen molar-refractivity contribution >= 4 is 23.7 Å². The maximum atomic E-state index is 5.47. The van der Waals surface area contributed by atoms with Crippen LogP contribution in [-0.4, -0.2) is 18.2 Å². The van der Waals surface area contributed by atoms with Crippen LogP contribution in [0.15, 0.2) is 105 Å². The van der Waals surface area contributed by atoms with Crippen LogP contribution in [0.1, 0.15) is 69.6 Å². The third-order valence-corrected chi connectivity index (χ3v) is 7.65. The molecule has 5 rings (SSSR count). The maximum absolute atomic E-state index is 5.47. The number of hydrogen-bond donors (Lipinski definition) is 0. The summed E-state index contributed by atoms with van der Waals surface area (Å²) in [6.45, 7) is 8.53. The lowest BCUT2D eigenvalue weighted by Crippen LogP contribution is -2.23. The van der Waals surface area contributed by atoms with Gasteiger partial charge < -0.3 is 4.90 Å². The predicted molar refractivity (Wildman–Crippen MR) is 157 cm³/mol. The molecule has 3 heteroatoms. The Bertz CT molecular complexity index is 1300. The molecule has 0 bridgehead atoms. The number of aryl methyl sites for hydroxylation is 1. The SMILES string of the molecule is C/C=C(/C)N=C(C)B1N=C(C2=CC(c3ccccc3)=CCC2)C(Cc2ccc(C)cc2)=C1CC1CC1. The van der Waals surface area contributed by atoms with Crippen LogP contribution in [0.25, 0.3) is 5.57 Å². The minimum atomic E-state index is 0.0583. The predicted octanol–water partition coefficient (Wildman–Crippen LogP) is 8.35. The van der Waals surface area contributed by atoms with Crippen LogP contribution < -0.4 is 0 Å². The van der Waals surface area contributed by atoms with Crippen molar-refractivity contribution in [3.63, 3.8) is 0 Å². The average Bonchev–Trinajstić information content (AvgIpc) is 3.66. The van der Waals surface area contributed by atoms with Gasteiger partial charge in [-0.1, -0.05) is 77.8 Å². The van der Waals surface area contributed by atoms with Gasteiger partial charge in [0.1, 0.15) is 0 Å². The van der Waals surface area contributed by atoms with Crippen molar-refractivity contribution < 1.29 is 0 Å². The Morgan fingerprint density at radius 1 is 1.06 bits per heavy atom. The quantitative estimate of drug-likeness (QED) is 0.272. The topological polar surface area (TPSA) is 24.7 Å². The van der Waals surface area contributed by atoms with Gasteiger partial charge in [0.2, 0.25) is 0 Å². The Labute approximate surface area is 217 Å². The zero-order valence-electron chi connectivity index (χ0n) is 22.2. The van der Waals surface area contributed by atoms with Crippen molar-refractivity contribution in [2.75, 3.05) is 0 Å². The number of aliphatic imine (C=N–C) groups is 1. The van der Waals surface area contributed by atoms with E-state index < -0.39 is 0 Å². The first kappa shape index (κ1) is 24.5. The van der Waals surface area contributed by atoms with E-state index in [2.05, 4.69) is 101 Å². The van der Waals surface area contributed by atoms with Crippen molar-refractivity contribution in [3.05, 3.63) is 112 Å². The van der Waals surface area contributed by atoms with Gasteiger partial charge in [-0.3, -0.25) is 4.99 Å². The Kier molecular flexibility index (Phi) is 7.37. The van der Waals surface area contributed by atoms with Crippen molar-refractivity contribution in [1.29, 1.82) is 0 Å². The molecule has 2 aromatic carbocycles. The van der Waals surface area contributed by atoms with Gasteiger partial charge >= 0.3 is 6.85 Å². The standard InChI is InChI=1S/C33H37BN2/c1-5-24(3)35-25(4)34-32(21-27-18-19-27)31(20-26-16-14-23(2)15-17-26)33(36-34)30-13-9-12-29(22-30)28-10-7-6-8-11-28/h5-8,10-12,14-17,22,27H,9,13,18-21H2,1-4H3/b24-5-,35-25?. The van der Waals surface area contributed by atoms with Crippen molar-refractivity contribution in [3.8, 4) is 0 Å². The van der Waals surface area contributed by atoms with Crippen molar-refractivity contribution in [1.82, 2.24) is 0 Å². The average molecular weight is 472 g/mol. The second kappa shape index (κ2) is 10.8. The van der Waals surface area contributed by atoms with Crippen LogP contribution in [-0.2, 0) is 6.42 Å². The zero-order chi connectivity index (χ0) is 25.1.